The van der Waals surface area contributed by atoms with Crippen molar-refractivity contribution < 1.29 is 15.0 Å². The van der Waals surface area contributed by atoms with Crippen LogP contribution in [0.1, 0.15) is 33.6 Å². The summed E-state index contributed by atoms with van der Waals surface area (Å²) in [6, 6.07) is 0. The van der Waals surface area contributed by atoms with Crippen LogP contribution in [0.25, 0.3) is 0 Å². The molecule has 4 unspecified atom stereocenters. The Morgan fingerprint density at radius 1 is 1.29 bits per heavy atom. The summed E-state index contributed by atoms with van der Waals surface area (Å²) >= 11 is 0. The highest BCUT2D eigenvalue weighted by Gasteiger charge is 2.63. The smallest absolute Gasteiger partial charge is 0.144 e. The van der Waals surface area contributed by atoms with E-state index in [2.05, 4.69) is 0 Å². The molecule has 2 aliphatic carbocycles. The molecule has 2 aliphatic rings. The highest BCUT2D eigenvalue weighted by molar-refractivity contribution is 5.89. The molecule has 80 valence electrons. The predicted octanol–water partition coefficient (Wildman–Crippen LogP) is 0.733. The summed E-state index contributed by atoms with van der Waals surface area (Å²) < 4.78 is 0. The van der Waals surface area contributed by atoms with Gasteiger partial charge in [0.25, 0.3) is 0 Å². The van der Waals surface area contributed by atoms with Gasteiger partial charge in [0.2, 0.25) is 0 Å². The second kappa shape index (κ2) is 2.58. The summed E-state index contributed by atoms with van der Waals surface area (Å²) in [5, 5.41) is 20.0. The van der Waals surface area contributed by atoms with Gasteiger partial charge in [-0.25, -0.2) is 0 Å². The molecule has 0 radical (unpaired) electrons. The number of aliphatic hydroxyl groups excluding tert-OH is 2. The van der Waals surface area contributed by atoms with Crippen LogP contribution in [-0.2, 0) is 4.79 Å². The molecule has 0 amide bonds. The summed E-state index contributed by atoms with van der Waals surface area (Å²) in [5.74, 6) is 0.0384. The van der Waals surface area contributed by atoms with Gasteiger partial charge in [0.05, 0.1) is 17.6 Å². The molecule has 2 fully saturated rings. The lowest BCUT2D eigenvalue weighted by Gasteiger charge is -2.46. The SMILES string of the molecule is CC1(C)CC(O)C2(C)C(=O)CC1C2O. The van der Waals surface area contributed by atoms with Crippen LogP contribution in [0, 0.1) is 16.7 Å². The normalized spacial score (nSPS) is 50.9. The minimum Gasteiger partial charge on any atom is -0.392 e. The molecule has 2 saturated carbocycles. The summed E-state index contributed by atoms with van der Waals surface area (Å²) in [7, 11) is 0. The molecule has 3 heteroatoms. The zero-order chi connectivity index (χ0) is 10.7. The van der Waals surface area contributed by atoms with Gasteiger partial charge < -0.3 is 10.2 Å². The fourth-order valence-electron chi connectivity index (χ4n) is 3.06. The topological polar surface area (TPSA) is 57.5 Å². The van der Waals surface area contributed by atoms with E-state index in [1.807, 2.05) is 13.8 Å². The molecule has 2 N–H and O–H groups in total. The lowest BCUT2D eigenvalue weighted by atomic mass is 9.62. The third-order valence-corrected chi connectivity index (χ3v) is 4.42. The molecule has 0 spiro atoms. The van der Waals surface area contributed by atoms with Gasteiger partial charge in [-0.3, -0.25) is 4.79 Å². The second-order valence-electron chi connectivity index (χ2n) is 5.67. The first-order chi connectivity index (χ1) is 6.30. The first-order valence-corrected chi connectivity index (χ1v) is 5.19. The molecule has 2 rings (SSSR count). The van der Waals surface area contributed by atoms with Crippen LogP contribution in [-0.4, -0.2) is 28.2 Å². The number of carbonyl (C=O) groups excluding carboxylic acids is 1. The third-order valence-electron chi connectivity index (χ3n) is 4.42. The van der Waals surface area contributed by atoms with Crippen molar-refractivity contribution in [2.24, 2.45) is 16.7 Å². The quantitative estimate of drug-likeness (QED) is 0.603. The number of hydrogen-bond acceptors (Lipinski definition) is 3. The van der Waals surface area contributed by atoms with E-state index in [4.69, 9.17) is 0 Å². The average Bonchev–Trinajstić information content (AvgIpc) is 2.25. The van der Waals surface area contributed by atoms with Gasteiger partial charge in [-0.2, -0.15) is 0 Å². The fraction of sp³-hybridized carbons (Fsp3) is 0.909. The highest BCUT2D eigenvalue weighted by Crippen LogP contribution is 2.56. The number of fused-ring (bicyclic) bond motifs is 2. The van der Waals surface area contributed by atoms with Crippen LogP contribution < -0.4 is 0 Å². The Kier molecular flexibility index (Phi) is 1.87. The van der Waals surface area contributed by atoms with Gasteiger partial charge >= 0.3 is 0 Å². The maximum atomic E-state index is 11.8. The maximum Gasteiger partial charge on any atom is 0.144 e. The van der Waals surface area contributed by atoms with Gasteiger partial charge in [0.1, 0.15) is 5.78 Å². The van der Waals surface area contributed by atoms with E-state index in [1.54, 1.807) is 6.92 Å². The van der Waals surface area contributed by atoms with Gasteiger partial charge in [-0.05, 0) is 24.7 Å². The van der Waals surface area contributed by atoms with Crippen molar-refractivity contribution in [3.05, 3.63) is 0 Å². The van der Waals surface area contributed by atoms with Crippen molar-refractivity contribution in [2.45, 2.75) is 45.8 Å². The van der Waals surface area contributed by atoms with Crippen LogP contribution in [0.2, 0.25) is 0 Å². The molecule has 4 atom stereocenters. The van der Waals surface area contributed by atoms with E-state index in [9.17, 15) is 15.0 Å². The van der Waals surface area contributed by atoms with Gasteiger partial charge in [-0.1, -0.05) is 13.8 Å². The molecule has 0 aromatic carbocycles. The number of aliphatic hydroxyl groups is 2. The first kappa shape index (κ1) is 10.1. The Labute approximate surface area is 84.1 Å². The van der Waals surface area contributed by atoms with Crippen molar-refractivity contribution in [3.8, 4) is 0 Å². The van der Waals surface area contributed by atoms with Gasteiger partial charge in [-0.15, -0.1) is 0 Å². The van der Waals surface area contributed by atoms with E-state index >= 15 is 0 Å². The van der Waals surface area contributed by atoms with E-state index < -0.39 is 17.6 Å². The number of carbonyl (C=O) groups is 1. The molecule has 0 aliphatic heterocycles. The zero-order valence-corrected chi connectivity index (χ0v) is 8.95. The van der Waals surface area contributed by atoms with Crippen molar-refractivity contribution >= 4 is 5.78 Å². The summed E-state index contributed by atoms with van der Waals surface area (Å²) in [6.07, 6.45) is -0.342. The fourth-order valence-corrected chi connectivity index (χ4v) is 3.06. The molecule has 3 nitrogen and oxygen atoms in total. The summed E-state index contributed by atoms with van der Waals surface area (Å²) in [5.41, 5.74) is -1.04. The molecule has 0 saturated heterocycles. The minimum atomic E-state index is -0.903. The number of hydrogen-bond donors (Lipinski definition) is 2. The molecule has 0 heterocycles. The Bertz CT molecular complexity index is 284. The number of rotatable bonds is 0. The van der Waals surface area contributed by atoms with Crippen molar-refractivity contribution in [1.82, 2.24) is 0 Å². The van der Waals surface area contributed by atoms with E-state index in [0.717, 1.165) is 0 Å². The van der Waals surface area contributed by atoms with Crippen LogP contribution >= 0.6 is 0 Å². The van der Waals surface area contributed by atoms with Gasteiger partial charge in [0, 0.05) is 6.42 Å². The molecular weight excluding hydrogens is 180 g/mol. The Hall–Kier alpha value is -0.410. The highest BCUT2D eigenvalue weighted by atomic mass is 16.3. The molecule has 0 aromatic heterocycles. The monoisotopic (exact) mass is 198 g/mol. The number of Topliss-reactive ketones (excluding diaryl/α,β-unsaturated/α-hetero) is 1. The van der Waals surface area contributed by atoms with Crippen molar-refractivity contribution in [2.75, 3.05) is 0 Å². The van der Waals surface area contributed by atoms with Crippen LogP contribution in [0.4, 0.5) is 0 Å². The van der Waals surface area contributed by atoms with E-state index in [0.29, 0.717) is 12.8 Å². The second-order valence-corrected chi connectivity index (χ2v) is 5.67. The minimum absolute atomic E-state index is 0.0170. The lowest BCUT2D eigenvalue weighted by molar-refractivity contribution is -0.150. The molecular formula is C11H18O3. The summed E-state index contributed by atoms with van der Waals surface area (Å²) in [4.78, 5) is 11.8. The van der Waals surface area contributed by atoms with Gasteiger partial charge in [0.15, 0.2) is 0 Å². The Balaban J connectivity index is 2.45. The largest absolute Gasteiger partial charge is 0.392 e. The van der Waals surface area contributed by atoms with Crippen LogP contribution in [0.3, 0.4) is 0 Å². The maximum absolute atomic E-state index is 11.8. The average molecular weight is 198 g/mol. The van der Waals surface area contributed by atoms with E-state index in [-0.39, 0.29) is 17.1 Å². The Morgan fingerprint density at radius 2 is 1.86 bits per heavy atom. The third kappa shape index (κ3) is 0.971. The van der Waals surface area contributed by atoms with Crippen LogP contribution in [0.5, 0.6) is 0 Å². The van der Waals surface area contributed by atoms with Crippen molar-refractivity contribution in [3.63, 3.8) is 0 Å². The lowest BCUT2D eigenvalue weighted by Crippen LogP contribution is -2.53. The zero-order valence-electron chi connectivity index (χ0n) is 8.95. The summed E-state index contributed by atoms with van der Waals surface area (Å²) in [6.45, 7) is 5.73. The number of ketones is 1. The predicted molar refractivity (Wildman–Crippen MR) is 51.6 cm³/mol. The van der Waals surface area contributed by atoms with E-state index in [1.165, 1.54) is 0 Å². The standard InChI is InChI=1S/C11H18O3/c1-10(2)5-8(13)11(3)7(12)4-6(10)9(11)14/h6,8-9,13-14H,4-5H2,1-3H3. The van der Waals surface area contributed by atoms with Crippen molar-refractivity contribution in [1.29, 1.82) is 0 Å². The molecule has 14 heavy (non-hydrogen) atoms. The van der Waals surface area contributed by atoms with Crippen LogP contribution in [0.15, 0.2) is 0 Å². The first-order valence-electron chi connectivity index (χ1n) is 5.19. The Morgan fingerprint density at radius 3 is 2.43 bits per heavy atom. The molecule has 0 aromatic rings. The molecule has 2 bridgehead atoms.